The molecule has 59 valence electrons. The highest BCUT2D eigenvalue weighted by Gasteiger charge is 2.04. The van der Waals surface area contributed by atoms with Crippen LogP contribution in [0.15, 0.2) is 28.7 Å². The highest BCUT2D eigenvalue weighted by molar-refractivity contribution is 9.10. The molecule has 0 amide bonds. The van der Waals surface area contributed by atoms with E-state index in [9.17, 15) is 5.11 Å². The molecule has 0 aliphatic heterocycles. The zero-order valence-corrected chi connectivity index (χ0v) is 7.97. The third kappa shape index (κ3) is 2.31. The summed E-state index contributed by atoms with van der Waals surface area (Å²) in [5.74, 6) is 0. The van der Waals surface area contributed by atoms with E-state index >= 15 is 0 Å². The average molecular weight is 214 g/mol. The van der Waals surface area contributed by atoms with Gasteiger partial charge in [-0.2, -0.15) is 0 Å². The fourth-order valence-corrected chi connectivity index (χ4v) is 1.18. The normalized spacial score (nSPS) is 13.0. The summed E-state index contributed by atoms with van der Waals surface area (Å²) in [6.45, 7) is 1.90. The number of rotatable bonds is 2. The fraction of sp³-hybridized carbons (Fsp3) is 0.333. The smallest absolute Gasteiger partial charge is 0.118 e. The Bertz CT molecular complexity index is 218. The van der Waals surface area contributed by atoms with Gasteiger partial charge in [0, 0.05) is 4.47 Å². The van der Waals surface area contributed by atoms with Crippen LogP contribution in [0.5, 0.6) is 0 Å². The predicted octanol–water partition coefficient (Wildman–Crippen LogP) is 3.33. The van der Waals surface area contributed by atoms with Gasteiger partial charge >= 0.3 is 0 Å². The van der Waals surface area contributed by atoms with E-state index in [0.717, 1.165) is 10.0 Å². The van der Waals surface area contributed by atoms with E-state index in [-0.39, 0.29) is 0 Å². The van der Waals surface area contributed by atoms with E-state index in [1.165, 1.54) is 0 Å². The lowest BCUT2D eigenvalue weighted by atomic mass is 10.1. The van der Waals surface area contributed by atoms with Gasteiger partial charge < -0.3 is 0 Å². The first-order chi connectivity index (χ1) is 5.24. The van der Waals surface area contributed by atoms with Crippen molar-refractivity contribution in [3.05, 3.63) is 34.3 Å². The van der Waals surface area contributed by atoms with Gasteiger partial charge in [0.05, 0.1) is 0 Å². The molecule has 0 bridgehead atoms. The summed E-state index contributed by atoms with van der Waals surface area (Å²) in [4.78, 5) is 0. The van der Waals surface area contributed by atoms with Gasteiger partial charge in [0.2, 0.25) is 0 Å². The van der Waals surface area contributed by atoms with Gasteiger partial charge in [-0.3, -0.25) is 0 Å². The Morgan fingerprint density at radius 2 is 1.91 bits per heavy atom. The highest BCUT2D eigenvalue weighted by atomic mass is 79.9. The largest absolute Gasteiger partial charge is 0.228 e. The van der Waals surface area contributed by atoms with Crippen molar-refractivity contribution in [1.82, 2.24) is 0 Å². The van der Waals surface area contributed by atoms with Crippen LogP contribution in [-0.2, 0) is 5.11 Å². The van der Waals surface area contributed by atoms with Crippen LogP contribution < -0.4 is 0 Å². The lowest BCUT2D eigenvalue weighted by Gasteiger charge is -2.04. The van der Waals surface area contributed by atoms with E-state index in [0.29, 0.717) is 6.42 Å². The average Bonchev–Trinajstić information content (AvgIpc) is 2.05. The van der Waals surface area contributed by atoms with E-state index in [1.54, 1.807) is 0 Å². The Labute approximate surface area is 75.2 Å². The van der Waals surface area contributed by atoms with Gasteiger partial charge in [-0.1, -0.05) is 35.0 Å². The molecule has 0 saturated heterocycles. The number of hydrogen-bond donors (Lipinski definition) is 0. The summed E-state index contributed by atoms with van der Waals surface area (Å²) < 4.78 is 1.02. The number of halogens is 1. The standard InChI is InChI=1S/C9H10BrO/c1-2-9(11)7-3-5-8(10)6-4-7/h3-6,9H,2H2,1H3. The van der Waals surface area contributed by atoms with Gasteiger partial charge in [0.1, 0.15) is 6.10 Å². The predicted molar refractivity (Wildman–Crippen MR) is 47.9 cm³/mol. The molecule has 1 aromatic rings. The van der Waals surface area contributed by atoms with E-state index in [1.807, 2.05) is 31.2 Å². The second-order valence-corrected chi connectivity index (χ2v) is 3.36. The Morgan fingerprint density at radius 3 is 2.36 bits per heavy atom. The summed E-state index contributed by atoms with van der Waals surface area (Å²) in [6.07, 6.45) is 0.0878. The van der Waals surface area contributed by atoms with Gasteiger partial charge in [-0.05, 0) is 24.1 Å². The molecule has 0 heterocycles. The molecular weight excluding hydrogens is 204 g/mol. The van der Waals surface area contributed by atoms with Crippen LogP contribution in [-0.4, -0.2) is 0 Å². The van der Waals surface area contributed by atoms with Crippen molar-refractivity contribution < 1.29 is 5.11 Å². The highest BCUT2D eigenvalue weighted by Crippen LogP contribution is 2.19. The molecule has 11 heavy (non-hydrogen) atoms. The minimum Gasteiger partial charge on any atom is -0.228 e. The summed E-state index contributed by atoms with van der Waals surface area (Å²) in [6, 6.07) is 7.53. The van der Waals surface area contributed by atoms with Crippen molar-refractivity contribution in [2.24, 2.45) is 0 Å². The molecule has 0 spiro atoms. The molecule has 1 radical (unpaired) electrons. The SMILES string of the molecule is CCC([O])c1ccc(Br)cc1. The van der Waals surface area contributed by atoms with Crippen molar-refractivity contribution in [1.29, 1.82) is 0 Å². The van der Waals surface area contributed by atoms with Crippen molar-refractivity contribution in [3.63, 3.8) is 0 Å². The summed E-state index contributed by atoms with van der Waals surface area (Å²) in [7, 11) is 0. The second kappa shape index (κ2) is 3.88. The molecule has 1 nitrogen and oxygen atoms in total. The number of benzene rings is 1. The first-order valence-corrected chi connectivity index (χ1v) is 4.44. The molecule has 1 aromatic carbocycles. The van der Waals surface area contributed by atoms with Crippen LogP contribution in [0.2, 0.25) is 0 Å². The lowest BCUT2D eigenvalue weighted by molar-refractivity contribution is 0.0857. The third-order valence-corrected chi connectivity index (χ3v) is 2.14. The Morgan fingerprint density at radius 1 is 1.36 bits per heavy atom. The molecule has 2 heteroatoms. The molecule has 1 unspecified atom stereocenters. The van der Waals surface area contributed by atoms with Crippen LogP contribution in [0.4, 0.5) is 0 Å². The minimum absolute atomic E-state index is 0.567. The van der Waals surface area contributed by atoms with Gasteiger partial charge in [0.15, 0.2) is 0 Å². The van der Waals surface area contributed by atoms with Crippen molar-refractivity contribution in [2.45, 2.75) is 19.4 Å². The Hall–Kier alpha value is -0.340. The molecule has 1 rings (SSSR count). The maximum Gasteiger partial charge on any atom is 0.118 e. The van der Waals surface area contributed by atoms with Crippen molar-refractivity contribution >= 4 is 15.9 Å². The zero-order valence-electron chi connectivity index (χ0n) is 6.38. The molecule has 0 N–H and O–H groups in total. The van der Waals surface area contributed by atoms with Crippen LogP contribution in [0.1, 0.15) is 25.0 Å². The van der Waals surface area contributed by atoms with E-state index < -0.39 is 6.10 Å². The second-order valence-electron chi connectivity index (χ2n) is 2.45. The lowest BCUT2D eigenvalue weighted by Crippen LogP contribution is -1.91. The first-order valence-electron chi connectivity index (χ1n) is 3.65. The quantitative estimate of drug-likeness (QED) is 0.719. The molecule has 0 aromatic heterocycles. The molecule has 1 atom stereocenters. The zero-order chi connectivity index (χ0) is 8.27. The van der Waals surface area contributed by atoms with Gasteiger partial charge in [-0.15, -0.1) is 0 Å². The Balaban J connectivity index is 2.81. The first kappa shape index (κ1) is 8.75. The molecular formula is C9H10BrO. The van der Waals surface area contributed by atoms with Crippen molar-refractivity contribution in [2.75, 3.05) is 0 Å². The fourth-order valence-electron chi connectivity index (χ4n) is 0.913. The van der Waals surface area contributed by atoms with E-state index in [4.69, 9.17) is 0 Å². The molecule has 0 aliphatic rings. The maximum absolute atomic E-state index is 11.2. The molecule has 0 aliphatic carbocycles. The molecule has 0 saturated carbocycles. The molecule has 0 fully saturated rings. The summed E-state index contributed by atoms with van der Waals surface area (Å²) in [5, 5.41) is 11.2. The van der Waals surface area contributed by atoms with Crippen LogP contribution in [0.25, 0.3) is 0 Å². The van der Waals surface area contributed by atoms with Crippen LogP contribution >= 0.6 is 15.9 Å². The summed E-state index contributed by atoms with van der Waals surface area (Å²) in [5.41, 5.74) is 0.871. The minimum atomic E-state index is -0.567. The van der Waals surface area contributed by atoms with Gasteiger partial charge in [0.25, 0.3) is 0 Å². The maximum atomic E-state index is 11.2. The topological polar surface area (TPSA) is 19.9 Å². The monoisotopic (exact) mass is 213 g/mol. The Kier molecular flexibility index (Phi) is 3.09. The number of hydrogen-bond acceptors (Lipinski definition) is 0. The van der Waals surface area contributed by atoms with Crippen LogP contribution in [0, 0.1) is 0 Å². The van der Waals surface area contributed by atoms with Crippen LogP contribution in [0.3, 0.4) is 0 Å². The third-order valence-electron chi connectivity index (χ3n) is 1.61. The summed E-state index contributed by atoms with van der Waals surface area (Å²) >= 11 is 3.31. The van der Waals surface area contributed by atoms with Gasteiger partial charge in [-0.25, -0.2) is 5.11 Å². The van der Waals surface area contributed by atoms with E-state index in [2.05, 4.69) is 15.9 Å². The van der Waals surface area contributed by atoms with Crippen molar-refractivity contribution in [3.8, 4) is 0 Å².